The van der Waals surface area contributed by atoms with Gasteiger partial charge >= 0.3 is 0 Å². The third-order valence-electron chi connectivity index (χ3n) is 3.47. The fourth-order valence-corrected chi connectivity index (χ4v) is 1.92. The van der Waals surface area contributed by atoms with Crippen molar-refractivity contribution in [3.8, 4) is 17.2 Å². The Morgan fingerprint density at radius 1 is 1.26 bits per heavy atom. The Morgan fingerprint density at radius 3 is 2.58 bits per heavy atom. The van der Waals surface area contributed by atoms with E-state index < -0.39 is 5.54 Å². The van der Waals surface area contributed by atoms with Crippen LogP contribution in [0.2, 0.25) is 0 Å². The number of ether oxygens (including phenoxy) is 1. The number of methoxy groups -OCH3 is 1. The molecule has 2 rings (SSSR count). The van der Waals surface area contributed by atoms with Crippen LogP contribution in [0.1, 0.15) is 32.5 Å². The highest BCUT2D eigenvalue weighted by atomic mass is 16.5. The van der Waals surface area contributed by atoms with Crippen LogP contribution in [0.25, 0.3) is 11.5 Å². The van der Waals surface area contributed by atoms with E-state index in [-0.39, 0.29) is 0 Å². The van der Waals surface area contributed by atoms with E-state index in [1.807, 2.05) is 38.1 Å². The minimum atomic E-state index is -0.538. The van der Waals surface area contributed by atoms with Gasteiger partial charge in [-0.05, 0) is 25.0 Å². The van der Waals surface area contributed by atoms with Crippen LogP contribution in [0.15, 0.2) is 28.8 Å². The molecule has 0 amide bonds. The summed E-state index contributed by atoms with van der Waals surface area (Å²) in [6.45, 7) is 4.03. The van der Waals surface area contributed by atoms with Crippen molar-refractivity contribution in [1.82, 2.24) is 10.1 Å². The van der Waals surface area contributed by atoms with Crippen LogP contribution in [-0.4, -0.2) is 17.3 Å². The Hall–Kier alpha value is -1.88. The van der Waals surface area contributed by atoms with Crippen LogP contribution >= 0.6 is 0 Å². The second kappa shape index (κ2) is 5.40. The van der Waals surface area contributed by atoms with E-state index in [9.17, 15) is 0 Å². The lowest BCUT2D eigenvalue weighted by Crippen LogP contribution is -2.36. The Bertz CT molecular complexity index is 547. The van der Waals surface area contributed by atoms with E-state index in [2.05, 4.69) is 10.1 Å². The molecule has 0 atom stereocenters. The quantitative estimate of drug-likeness (QED) is 0.895. The lowest BCUT2D eigenvalue weighted by molar-refractivity contribution is 0.349. The molecule has 0 bridgehead atoms. The molecule has 2 N–H and O–H groups in total. The molecule has 1 aromatic heterocycles. The van der Waals surface area contributed by atoms with Crippen LogP contribution in [0.5, 0.6) is 5.75 Å². The van der Waals surface area contributed by atoms with E-state index >= 15 is 0 Å². The highest BCUT2D eigenvalue weighted by molar-refractivity contribution is 5.62. The normalized spacial score (nSPS) is 11.6. The fraction of sp³-hybridized carbons (Fsp3) is 0.429. The molecule has 1 heterocycles. The Kier molecular flexibility index (Phi) is 3.85. The molecule has 0 radical (unpaired) electrons. The predicted molar refractivity (Wildman–Crippen MR) is 72.7 cm³/mol. The zero-order valence-electron chi connectivity index (χ0n) is 11.5. The molecule has 0 aliphatic heterocycles. The first-order chi connectivity index (χ1) is 9.14. The largest absolute Gasteiger partial charge is 0.496 e. The summed E-state index contributed by atoms with van der Waals surface area (Å²) in [5.74, 6) is 1.68. The summed E-state index contributed by atoms with van der Waals surface area (Å²) in [5.41, 5.74) is 6.50. The number of nitrogens with zero attached hydrogens (tertiary/aromatic N) is 2. The Labute approximate surface area is 112 Å². The highest BCUT2D eigenvalue weighted by Crippen LogP contribution is 2.30. The number of hydrogen-bond acceptors (Lipinski definition) is 5. The van der Waals surface area contributed by atoms with Gasteiger partial charge in [-0.2, -0.15) is 4.98 Å². The zero-order chi connectivity index (χ0) is 13.9. The summed E-state index contributed by atoms with van der Waals surface area (Å²) in [5, 5.41) is 4.02. The topological polar surface area (TPSA) is 74.2 Å². The van der Waals surface area contributed by atoms with Crippen molar-refractivity contribution in [1.29, 1.82) is 0 Å². The summed E-state index contributed by atoms with van der Waals surface area (Å²) >= 11 is 0. The molecule has 19 heavy (non-hydrogen) atoms. The van der Waals surface area contributed by atoms with Crippen molar-refractivity contribution in [3.63, 3.8) is 0 Å². The van der Waals surface area contributed by atoms with Crippen molar-refractivity contribution in [3.05, 3.63) is 30.1 Å². The van der Waals surface area contributed by atoms with Gasteiger partial charge in [0.2, 0.25) is 0 Å². The highest BCUT2D eigenvalue weighted by Gasteiger charge is 2.29. The number of aromatic nitrogens is 2. The zero-order valence-corrected chi connectivity index (χ0v) is 11.5. The van der Waals surface area contributed by atoms with E-state index in [1.165, 1.54) is 0 Å². The van der Waals surface area contributed by atoms with Gasteiger partial charge in [-0.3, -0.25) is 0 Å². The van der Waals surface area contributed by atoms with E-state index in [0.717, 1.165) is 18.4 Å². The van der Waals surface area contributed by atoms with E-state index in [4.69, 9.17) is 15.0 Å². The van der Waals surface area contributed by atoms with Crippen molar-refractivity contribution >= 4 is 0 Å². The summed E-state index contributed by atoms with van der Waals surface area (Å²) in [6.07, 6.45) is 1.52. The number of benzene rings is 1. The molecule has 0 fully saturated rings. The molecule has 5 heteroatoms. The number of nitrogens with two attached hydrogens (primary N) is 1. The van der Waals surface area contributed by atoms with Gasteiger partial charge in [0.05, 0.1) is 18.2 Å². The van der Waals surface area contributed by atoms with Gasteiger partial charge < -0.3 is 15.0 Å². The smallest absolute Gasteiger partial charge is 0.261 e. The Morgan fingerprint density at radius 2 is 1.95 bits per heavy atom. The summed E-state index contributed by atoms with van der Waals surface area (Å²) < 4.78 is 10.6. The van der Waals surface area contributed by atoms with Gasteiger partial charge in [0.15, 0.2) is 5.82 Å². The molecule has 102 valence electrons. The van der Waals surface area contributed by atoms with Gasteiger partial charge in [0, 0.05) is 0 Å². The molecule has 0 unspecified atom stereocenters. The van der Waals surface area contributed by atoms with Crippen molar-refractivity contribution < 1.29 is 9.26 Å². The third kappa shape index (κ3) is 2.46. The first kappa shape index (κ1) is 13.5. The molecule has 0 aliphatic carbocycles. The molecular weight excluding hydrogens is 242 g/mol. The van der Waals surface area contributed by atoms with Crippen molar-refractivity contribution in [2.75, 3.05) is 7.11 Å². The van der Waals surface area contributed by atoms with Crippen LogP contribution in [-0.2, 0) is 5.54 Å². The number of rotatable bonds is 5. The summed E-state index contributed by atoms with van der Waals surface area (Å²) in [7, 11) is 1.61. The first-order valence-corrected chi connectivity index (χ1v) is 6.41. The van der Waals surface area contributed by atoms with Crippen molar-refractivity contribution in [2.24, 2.45) is 5.73 Å². The lowest BCUT2D eigenvalue weighted by atomic mass is 9.93. The third-order valence-corrected chi connectivity index (χ3v) is 3.47. The van der Waals surface area contributed by atoms with Crippen LogP contribution in [0.4, 0.5) is 0 Å². The molecule has 5 nitrogen and oxygen atoms in total. The minimum Gasteiger partial charge on any atom is -0.496 e. The molecule has 2 aromatic rings. The monoisotopic (exact) mass is 261 g/mol. The van der Waals surface area contributed by atoms with Crippen molar-refractivity contribution in [2.45, 2.75) is 32.2 Å². The number of hydrogen-bond donors (Lipinski definition) is 1. The van der Waals surface area contributed by atoms with E-state index in [1.54, 1.807) is 7.11 Å². The molecule has 0 saturated carbocycles. The van der Waals surface area contributed by atoms with E-state index in [0.29, 0.717) is 17.5 Å². The SMILES string of the molecule is CCC(N)(CC)c1noc(-c2ccccc2OC)n1. The van der Waals surface area contributed by atoms with Gasteiger partial charge in [0.25, 0.3) is 5.89 Å². The number of para-hydroxylation sites is 1. The maximum Gasteiger partial charge on any atom is 0.261 e. The second-order valence-corrected chi connectivity index (χ2v) is 4.49. The van der Waals surface area contributed by atoms with Crippen LogP contribution < -0.4 is 10.5 Å². The molecular formula is C14H19N3O2. The minimum absolute atomic E-state index is 0.434. The molecule has 0 aliphatic rings. The van der Waals surface area contributed by atoms with Gasteiger partial charge in [0.1, 0.15) is 5.75 Å². The van der Waals surface area contributed by atoms with Crippen LogP contribution in [0.3, 0.4) is 0 Å². The summed E-state index contributed by atoms with van der Waals surface area (Å²) in [4.78, 5) is 4.42. The maximum atomic E-state index is 6.26. The van der Waals surface area contributed by atoms with Crippen LogP contribution in [0, 0.1) is 0 Å². The standard InChI is InChI=1S/C14H19N3O2/c1-4-14(15,5-2)13-16-12(19-17-13)10-8-6-7-9-11(10)18-3/h6-9H,4-5,15H2,1-3H3. The fourth-order valence-electron chi connectivity index (χ4n) is 1.92. The van der Waals surface area contributed by atoms with Gasteiger partial charge in [-0.15, -0.1) is 0 Å². The predicted octanol–water partition coefficient (Wildman–Crippen LogP) is 2.72. The molecule has 0 saturated heterocycles. The molecule has 1 aromatic carbocycles. The van der Waals surface area contributed by atoms with Gasteiger partial charge in [-0.1, -0.05) is 31.1 Å². The Balaban J connectivity index is 2.41. The first-order valence-electron chi connectivity index (χ1n) is 6.41. The summed E-state index contributed by atoms with van der Waals surface area (Å²) in [6, 6.07) is 7.53. The average Bonchev–Trinajstić information content (AvgIpc) is 2.96. The average molecular weight is 261 g/mol. The maximum absolute atomic E-state index is 6.26. The van der Waals surface area contributed by atoms with Gasteiger partial charge in [-0.25, -0.2) is 0 Å². The second-order valence-electron chi connectivity index (χ2n) is 4.49. The molecule has 0 spiro atoms. The lowest BCUT2D eigenvalue weighted by Gasteiger charge is -2.21.